The topological polar surface area (TPSA) is 61.2 Å². The third-order valence-electron chi connectivity index (χ3n) is 2.95. The van der Waals surface area contributed by atoms with Crippen molar-refractivity contribution in [2.24, 2.45) is 0 Å². The van der Waals surface area contributed by atoms with Crippen molar-refractivity contribution >= 4 is 10.1 Å². The predicted octanol–water partition coefficient (Wildman–Crippen LogP) is 2.78. The van der Waals surface area contributed by atoms with E-state index >= 15 is 0 Å². The molecule has 0 N–H and O–H groups in total. The van der Waals surface area contributed by atoms with E-state index in [1.807, 2.05) is 0 Å². The third-order valence-corrected chi connectivity index (χ3v) is 4.23. The molecular weight excluding hydrogens is 307 g/mol. The normalized spacial score (nSPS) is 11.3. The fraction of sp³-hybridized carbons (Fsp3) is 0. The molecule has 3 aromatic rings. The Morgan fingerprint density at radius 1 is 1.05 bits per heavy atom. The van der Waals surface area contributed by atoms with Crippen molar-refractivity contribution in [1.82, 2.24) is 9.55 Å². The molecule has 0 unspecified atom stereocenters. The highest BCUT2D eigenvalue weighted by Gasteiger charge is 2.20. The van der Waals surface area contributed by atoms with Gasteiger partial charge in [-0.3, -0.25) is 0 Å². The van der Waals surface area contributed by atoms with Crippen molar-refractivity contribution in [2.75, 3.05) is 0 Å². The van der Waals surface area contributed by atoms with Crippen molar-refractivity contribution in [1.29, 1.82) is 0 Å². The average Bonchev–Trinajstić information content (AvgIpc) is 3.02. The van der Waals surface area contributed by atoms with Crippen LogP contribution in [0.4, 0.5) is 4.39 Å². The molecule has 1 aromatic heterocycles. The van der Waals surface area contributed by atoms with E-state index in [0.29, 0.717) is 0 Å². The molecule has 0 saturated carbocycles. The molecular formula is C15H11FN2O3S. The summed E-state index contributed by atoms with van der Waals surface area (Å²) in [6.45, 7) is 0. The number of rotatable bonds is 4. The highest BCUT2D eigenvalue weighted by molar-refractivity contribution is 7.87. The molecule has 112 valence electrons. The van der Waals surface area contributed by atoms with Crippen LogP contribution in [0.25, 0.3) is 5.69 Å². The van der Waals surface area contributed by atoms with Gasteiger partial charge in [0, 0.05) is 18.1 Å². The Bertz CT molecular complexity index is 875. The minimum absolute atomic E-state index is 0.104. The maximum absolute atomic E-state index is 13.6. The van der Waals surface area contributed by atoms with E-state index in [2.05, 4.69) is 4.98 Å². The summed E-state index contributed by atoms with van der Waals surface area (Å²) in [5, 5.41) is 0. The number of benzene rings is 2. The van der Waals surface area contributed by atoms with Crippen LogP contribution < -0.4 is 4.18 Å². The summed E-state index contributed by atoms with van der Waals surface area (Å²) in [5.41, 5.74) is 0.799. The summed E-state index contributed by atoms with van der Waals surface area (Å²) in [5.74, 6) is -0.746. The Morgan fingerprint density at radius 2 is 1.77 bits per heavy atom. The molecule has 22 heavy (non-hydrogen) atoms. The molecule has 0 bridgehead atoms. The van der Waals surface area contributed by atoms with E-state index in [-0.39, 0.29) is 5.75 Å². The zero-order valence-corrected chi connectivity index (χ0v) is 12.1. The van der Waals surface area contributed by atoms with Crippen molar-refractivity contribution in [3.63, 3.8) is 0 Å². The average molecular weight is 318 g/mol. The minimum atomic E-state index is -4.20. The molecule has 1 heterocycles. The summed E-state index contributed by atoms with van der Waals surface area (Å²) >= 11 is 0. The first-order valence-electron chi connectivity index (χ1n) is 6.34. The zero-order chi connectivity index (χ0) is 15.6. The monoisotopic (exact) mass is 318 g/mol. The van der Waals surface area contributed by atoms with Crippen LogP contribution in [0.2, 0.25) is 0 Å². The van der Waals surface area contributed by atoms with Gasteiger partial charge in [0.2, 0.25) is 0 Å². The third kappa shape index (κ3) is 2.84. The van der Waals surface area contributed by atoms with Crippen molar-refractivity contribution in [2.45, 2.75) is 4.90 Å². The van der Waals surface area contributed by atoms with E-state index in [0.717, 1.165) is 17.8 Å². The summed E-state index contributed by atoms with van der Waals surface area (Å²) in [6.07, 6.45) is 5.00. The van der Waals surface area contributed by atoms with Gasteiger partial charge in [-0.05, 0) is 36.4 Å². The molecule has 0 aliphatic heterocycles. The molecule has 0 amide bonds. The van der Waals surface area contributed by atoms with E-state index < -0.39 is 20.8 Å². The lowest BCUT2D eigenvalue weighted by Gasteiger charge is -2.08. The predicted molar refractivity (Wildman–Crippen MR) is 77.8 cm³/mol. The molecule has 7 heteroatoms. The molecule has 0 aliphatic carbocycles. The Balaban J connectivity index is 1.86. The molecule has 5 nitrogen and oxygen atoms in total. The van der Waals surface area contributed by atoms with Gasteiger partial charge >= 0.3 is 10.1 Å². The number of nitrogens with zero attached hydrogens (tertiary/aromatic N) is 2. The van der Waals surface area contributed by atoms with E-state index in [9.17, 15) is 12.8 Å². The van der Waals surface area contributed by atoms with Gasteiger partial charge in [0.05, 0.1) is 6.33 Å². The molecule has 2 aromatic carbocycles. The number of aromatic nitrogens is 2. The van der Waals surface area contributed by atoms with Crippen LogP contribution in [0.1, 0.15) is 0 Å². The fourth-order valence-electron chi connectivity index (χ4n) is 1.90. The van der Waals surface area contributed by atoms with Gasteiger partial charge in [-0.1, -0.05) is 12.1 Å². The van der Waals surface area contributed by atoms with E-state index in [1.54, 1.807) is 35.4 Å². The van der Waals surface area contributed by atoms with E-state index in [4.69, 9.17) is 4.18 Å². The molecule has 0 atom stereocenters. The smallest absolute Gasteiger partial charge is 0.342 e. The number of imidazole rings is 1. The fourth-order valence-corrected chi connectivity index (χ4v) is 2.91. The minimum Gasteiger partial charge on any atom is -0.379 e. The van der Waals surface area contributed by atoms with Crippen LogP contribution in [0.5, 0.6) is 5.75 Å². The lowest BCUT2D eigenvalue weighted by atomic mass is 10.3. The summed E-state index contributed by atoms with van der Waals surface area (Å²) < 4.78 is 44.4. The van der Waals surface area contributed by atoms with Crippen LogP contribution in [0.3, 0.4) is 0 Å². The molecule has 3 rings (SSSR count). The van der Waals surface area contributed by atoms with Gasteiger partial charge in [0.15, 0.2) is 0 Å². The van der Waals surface area contributed by atoms with Gasteiger partial charge in [-0.15, -0.1) is 0 Å². The lowest BCUT2D eigenvalue weighted by Crippen LogP contribution is -2.11. The largest absolute Gasteiger partial charge is 0.379 e. The van der Waals surface area contributed by atoms with Crippen LogP contribution in [0.15, 0.2) is 72.1 Å². The Hall–Kier alpha value is -2.67. The highest BCUT2D eigenvalue weighted by Crippen LogP contribution is 2.22. The van der Waals surface area contributed by atoms with Gasteiger partial charge in [-0.2, -0.15) is 8.42 Å². The number of hydrogen-bond donors (Lipinski definition) is 0. The second-order valence-corrected chi connectivity index (χ2v) is 5.95. The van der Waals surface area contributed by atoms with E-state index in [1.165, 1.54) is 24.3 Å². The molecule has 0 spiro atoms. The summed E-state index contributed by atoms with van der Waals surface area (Å²) in [4.78, 5) is 3.43. The Kier molecular flexibility index (Phi) is 3.64. The molecule has 0 saturated heterocycles. The Labute approximate surface area is 126 Å². The number of hydrogen-bond acceptors (Lipinski definition) is 4. The van der Waals surface area contributed by atoms with Crippen LogP contribution >= 0.6 is 0 Å². The quantitative estimate of drug-likeness (QED) is 0.694. The molecule has 0 fully saturated rings. The lowest BCUT2D eigenvalue weighted by molar-refractivity contribution is 0.476. The highest BCUT2D eigenvalue weighted by atomic mass is 32.2. The first kappa shape index (κ1) is 14.3. The van der Waals surface area contributed by atoms with Crippen molar-refractivity contribution in [3.8, 4) is 11.4 Å². The maximum Gasteiger partial charge on any atom is 0.342 e. The van der Waals surface area contributed by atoms with Crippen LogP contribution in [-0.4, -0.2) is 18.0 Å². The van der Waals surface area contributed by atoms with Gasteiger partial charge in [-0.25, -0.2) is 9.37 Å². The first-order chi connectivity index (χ1) is 10.6. The SMILES string of the molecule is O=S(=O)(Oc1ccc(-n2ccnc2)cc1)c1ccccc1F. The van der Waals surface area contributed by atoms with Crippen LogP contribution in [0, 0.1) is 5.82 Å². The second-order valence-electron chi connectivity index (χ2n) is 4.43. The summed E-state index contributed by atoms with van der Waals surface area (Å²) in [6, 6.07) is 11.4. The van der Waals surface area contributed by atoms with Crippen molar-refractivity contribution in [3.05, 3.63) is 73.1 Å². The first-order valence-corrected chi connectivity index (χ1v) is 7.74. The molecule has 0 radical (unpaired) electrons. The van der Waals surface area contributed by atoms with Gasteiger partial charge in [0.1, 0.15) is 16.5 Å². The van der Waals surface area contributed by atoms with Gasteiger partial charge < -0.3 is 8.75 Å². The molecule has 0 aliphatic rings. The summed E-state index contributed by atoms with van der Waals surface area (Å²) in [7, 11) is -4.20. The number of halogens is 1. The van der Waals surface area contributed by atoms with Crippen LogP contribution in [-0.2, 0) is 10.1 Å². The second kappa shape index (κ2) is 5.61. The van der Waals surface area contributed by atoms with Crippen molar-refractivity contribution < 1.29 is 17.0 Å². The maximum atomic E-state index is 13.6. The Morgan fingerprint density at radius 3 is 2.41 bits per heavy atom. The standard InChI is InChI=1S/C15H11FN2O3S/c16-14-3-1-2-4-15(14)22(19,20)21-13-7-5-12(6-8-13)18-10-9-17-11-18/h1-11H. The van der Waals surface area contributed by atoms with Gasteiger partial charge in [0.25, 0.3) is 0 Å². The zero-order valence-electron chi connectivity index (χ0n) is 11.3.